The fourth-order valence-corrected chi connectivity index (χ4v) is 1.54. The van der Waals surface area contributed by atoms with E-state index in [0.717, 1.165) is 18.4 Å². The number of hydrogen-bond acceptors (Lipinski definition) is 1. The number of rotatable bonds is 2. The molecule has 0 saturated heterocycles. The molecule has 0 bridgehead atoms. The van der Waals surface area contributed by atoms with Crippen LogP contribution in [-0.4, -0.2) is 5.78 Å². The molecule has 0 atom stereocenters. The maximum atomic E-state index is 11.0. The van der Waals surface area contributed by atoms with Gasteiger partial charge in [0.2, 0.25) is 0 Å². The minimum Gasteiger partial charge on any atom is -0.295 e. The summed E-state index contributed by atoms with van der Waals surface area (Å²) in [5.74, 6) is 0.142. The smallest absolute Gasteiger partial charge is 0.155 e. The molecule has 0 spiro atoms. The van der Waals surface area contributed by atoms with E-state index in [1.807, 2.05) is 13.0 Å². The van der Waals surface area contributed by atoms with E-state index < -0.39 is 0 Å². The van der Waals surface area contributed by atoms with E-state index in [1.165, 1.54) is 24.0 Å². The normalized spacial score (nSPS) is 21.4. The Bertz CT molecular complexity index is 305. The van der Waals surface area contributed by atoms with Crippen LogP contribution in [0.3, 0.4) is 0 Å². The third kappa shape index (κ3) is 2.99. The molecule has 1 rings (SSSR count). The van der Waals surface area contributed by atoms with Crippen molar-refractivity contribution in [2.45, 2.75) is 39.5 Å². The van der Waals surface area contributed by atoms with Crippen molar-refractivity contribution in [3.63, 3.8) is 0 Å². The molecule has 0 radical (unpaired) electrons. The van der Waals surface area contributed by atoms with Crippen molar-refractivity contribution in [1.29, 1.82) is 0 Å². The molecule has 0 aromatic rings. The van der Waals surface area contributed by atoms with Gasteiger partial charge in [-0.2, -0.15) is 0 Å². The van der Waals surface area contributed by atoms with Crippen molar-refractivity contribution in [2.75, 3.05) is 0 Å². The van der Waals surface area contributed by atoms with Gasteiger partial charge in [-0.15, -0.1) is 0 Å². The van der Waals surface area contributed by atoms with Crippen LogP contribution < -0.4 is 0 Å². The van der Waals surface area contributed by atoms with E-state index in [9.17, 15) is 4.79 Å². The molecule has 1 heteroatoms. The molecule has 0 N–H and O–H groups in total. The van der Waals surface area contributed by atoms with Gasteiger partial charge in [0.1, 0.15) is 0 Å². The highest BCUT2D eigenvalue weighted by atomic mass is 16.1. The van der Waals surface area contributed by atoms with Gasteiger partial charge in [0, 0.05) is 0 Å². The highest BCUT2D eigenvalue weighted by Crippen LogP contribution is 2.27. The zero-order valence-electron chi connectivity index (χ0n) is 9.10. The first kappa shape index (κ1) is 11.0. The molecule has 1 nitrogen and oxygen atoms in total. The number of Topliss-reactive ketones (excluding diaryl/α,β-unsaturated/α-hetero) is 1. The van der Waals surface area contributed by atoms with Crippen molar-refractivity contribution >= 4 is 5.78 Å². The summed E-state index contributed by atoms with van der Waals surface area (Å²) in [5.41, 5.74) is 3.37. The van der Waals surface area contributed by atoms with Gasteiger partial charge in [0.05, 0.1) is 0 Å². The Hall–Kier alpha value is -1.11. The number of ketones is 1. The Labute approximate surface area is 86.2 Å². The molecule has 0 aliphatic heterocycles. The van der Waals surface area contributed by atoms with Crippen LogP contribution in [0.15, 0.2) is 35.5 Å². The molecule has 0 heterocycles. The van der Waals surface area contributed by atoms with E-state index in [0.29, 0.717) is 0 Å². The molecule has 1 fully saturated rings. The summed E-state index contributed by atoms with van der Waals surface area (Å²) in [5, 5.41) is 0. The molecule has 0 aromatic carbocycles. The highest BCUT2D eigenvalue weighted by Gasteiger charge is 2.08. The average molecular weight is 190 g/mol. The quantitative estimate of drug-likeness (QED) is 0.608. The Morgan fingerprint density at radius 2 is 1.93 bits per heavy atom. The lowest BCUT2D eigenvalue weighted by molar-refractivity contribution is -0.113. The molecular weight excluding hydrogens is 172 g/mol. The maximum Gasteiger partial charge on any atom is 0.155 e. The Kier molecular flexibility index (Phi) is 3.87. The zero-order valence-corrected chi connectivity index (χ0v) is 9.10. The number of hydrogen-bond donors (Lipinski definition) is 0. The molecule has 1 aliphatic carbocycles. The SMILES string of the molecule is C=C1CCCC/C1=C/C=C(\C)C(C)=O. The van der Waals surface area contributed by atoms with Crippen LogP contribution in [0, 0.1) is 0 Å². The van der Waals surface area contributed by atoms with Crippen LogP contribution >= 0.6 is 0 Å². The van der Waals surface area contributed by atoms with Crippen LogP contribution in [-0.2, 0) is 4.79 Å². The lowest BCUT2D eigenvalue weighted by Gasteiger charge is -2.15. The summed E-state index contributed by atoms with van der Waals surface area (Å²) in [6.07, 6.45) is 8.69. The van der Waals surface area contributed by atoms with Gasteiger partial charge in [0.15, 0.2) is 5.78 Å². The lowest BCUT2D eigenvalue weighted by Crippen LogP contribution is -1.97. The fourth-order valence-electron chi connectivity index (χ4n) is 1.54. The maximum absolute atomic E-state index is 11.0. The second kappa shape index (κ2) is 4.94. The summed E-state index contributed by atoms with van der Waals surface area (Å²) < 4.78 is 0. The van der Waals surface area contributed by atoms with E-state index in [1.54, 1.807) is 6.92 Å². The monoisotopic (exact) mass is 190 g/mol. The van der Waals surface area contributed by atoms with Crippen molar-refractivity contribution in [2.24, 2.45) is 0 Å². The van der Waals surface area contributed by atoms with Gasteiger partial charge in [-0.3, -0.25) is 4.79 Å². The standard InChI is InChI=1S/C13H18O/c1-10(12(3)14)8-9-13-7-5-4-6-11(13)2/h8-9H,2,4-7H2,1,3H3/b10-8+,13-9-. The summed E-state index contributed by atoms with van der Waals surface area (Å²) in [7, 11) is 0. The molecule has 76 valence electrons. The van der Waals surface area contributed by atoms with Crippen LogP contribution in [0.25, 0.3) is 0 Å². The van der Waals surface area contributed by atoms with Crippen LogP contribution in [0.4, 0.5) is 0 Å². The van der Waals surface area contributed by atoms with Gasteiger partial charge < -0.3 is 0 Å². The molecule has 14 heavy (non-hydrogen) atoms. The van der Waals surface area contributed by atoms with Gasteiger partial charge >= 0.3 is 0 Å². The van der Waals surface area contributed by atoms with Crippen LogP contribution in [0.2, 0.25) is 0 Å². The molecule has 1 aliphatic rings. The van der Waals surface area contributed by atoms with Gasteiger partial charge in [-0.05, 0) is 50.7 Å². The van der Waals surface area contributed by atoms with Gasteiger partial charge in [-0.25, -0.2) is 0 Å². The Balaban J connectivity index is 2.72. The van der Waals surface area contributed by atoms with Gasteiger partial charge in [-0.1, -0.05) is 24.3 Å². The Morgan fingerprint density at radius 3 is 2.50 bits per heavy atom. The second-order valence-corrected chi connectivity index (χ2v) is 3.91. The first-order valence-corrected chi connectivity index (χ1v) is 5.18. The van der Waals surface area contributed by atoms with Crippen LogP contribution in [0.5, 0.6) is 0 Å². The summed E-state index contributed by atoms with van der Waals surface area (Å²) in [4.78, 5) is 11.0. The predicted octanol–water partition coefficient (Wildman–Crippen LogP) is 3.58. The second-order valence-electron chi connectivity index (χ2n) is 3.91. The predicted molar refractivity (Wildman–Crippen MR) is 60.1 cm³/mol. The minimum atomic E-state index is 0.142. The van der Waals surface area contributed by atoms with E-state index in [-0.39, 0.29) is 5.78 Å². The molecule has 0 aromatic heterocycles. The van der Waals surface area contributed by atoms with Crippen molar-refractivity contribution in [3.8, 4) is 0 Å². The largest absolute Gasteiger partial charge is 0.295 e. The van der Waals surface area contributed by atoms with Crippen molar-refractivity contribution < 1.29 is 4.79 Å². The molecule has 1 saturated carbocycles. The average Bonchev–Trinajstić information content (AvgIpc) is 2.16. The molecular formula is C13H18O. The highest BCUT2D eigenvalue weighted by molar-refractivity contribution is 5.92. The van der Waals surface area contributed by atoms with E-state index in [4.69, 9.17) is 0 Å². The first-order chi connectivity index (χ1) is 6.61. The fraction of sp³-hybridized carbons (Fsp3) is 0.462. The van der Waals surface area contributed by atoms with Crippen molar-refractivity contribution in [1.82, 2.24) is 0 Å². The third-order valence-corrected chi connectivity index (χ3v) is 2.72. The summed E-state index contributed by atoms with van der Waals surface area (Å²) in [6.45, 7) is 7.49. The van der Waals surface area contributed by atoms with Crippen molar-refractivity contribution in [3.05, 3.63) is 35.5 Å². The minimum absolute atomic E-state index is 0.142. The first-order valence-electron chi connectivity index (χ1n) is 5.18. The van der Waals surface area contributed by atoms with E-state index >= 15 is 0 Å². The Morgan fingerprint density at radius 1 is 1.29 bits per heavy atom. The van der Waals surface area contributed by atoms with E-state index in [2.05, 4.69) is 12.7 Å². The third-order valence-electron chi connectivity index (χ3n) is 2.72. The number of carbonyl (C=O) groups excluding carboxylic acids is 1. The number of carbonyl (C=O) groups is 1. The summed E-state index contributed by atoms with van der Waals surface area (Å²) in [6, 6.07) is 0. The molecule has 0 amide bonds. The lowest BCUT2D eigenvalue weighted by atomic mass is 9.90. The van der Waals surface area contributed by atoms with Gasteiger partial charge in [0.25, 0.3) is 0 Å². The zero-order chi connectivity index (χ0) is 10.6. The van der Waals surface area contributed by atoms with Crippen LogP contribution in [0.1, 0.15) is 39.5 Å². The topological polar surface area (TPSA) is 17.1 Å². The summed E-state index contributed by atoms with van der Waals surface area (Å²) >= 11 is 0. The number of allylic oxidation sites excluding steroid dienone is 5. The molecule has 0 unspecified atom stereocenters.